The molecule has 0 fully saturated rings. The van der Waals surface area contributed by atoms with Crippen LogP contribution < -0.4 is 5.32 Å². The predicted octanol–water partition coefficient (Wildman–Crippen LogP) is 2.38. The molecule has 1 unspecified atom stereocenters. The van der Waals surface area contributed by atoms with Crippen molar-refractivity contribution in [3.8, 4) is 0 Å². The second-order valence-electron chi connectivity index (χ2n) is 3.97. The van der Waals surface area contributed by atoms with Crippen molar-refractivity contribution in [2.45, 2.75) is 53.0 Å². The zero-order valence-electron chi connectivity index (χ0n) is 9.39. The third-order valence-electron chi connectivity index (χ3n) is 2.26. The summed E-state index contributed by atoms with van der Waals surface area (Å²) in [4.78, 5) is 11.2. The second-order valence-corrected chi connectivity index (χ2v) is 3.97. The number of Topliss-reactive ketones (excluding diaryl/α,β-unsaturated/α-hetero) is 1. The molecule has 0 aromatic heterocycles. The highest BCUT2D eigenvalue weighted by Crippen LogP contribution is 2.08. The molecule has 0 saturated heterocycles. The van der Waals surface area contributed by atoms with Crippen LogP contribution in [0.25, 0.3) is 0 Å². The van der Waals surface area contributed by atoms with Gasteiger partial charge in [-0.1, -0.05) is 27.7 Å². The Bertz CT molecular complexity index is 143. The predicted molar refractivity (Wildman–Crippen MR) is 56.8 cm³/mol. The molecule has 0 aliphatic heterocycles. The summed E-state index contributed by atoms with van der Waals surface area (Å²) in [6.07, 6.45) is 2.80. The summed E-state index contributed by atoms with van der Waals surface area (Å²) >= 11 is 0. The van der Waals surface area contributed by atoms with E-state index in [2.05, 4.69) is 19.2 Å². The third kappa shape index (κ3) is 6.76. The van der Waals surface area contributed by atoms with Crippen LogP contribution in [0.4, 0.5) is 0 Å². The standard InChI is InChI=1S/C11H23NO/c1-5-11(13)10(4)7-6-8-12-9(2)3/h9-10,12H,5-8H2,1-4H3. The Labute approximate surface area is 82.1 Å². The zero-order chi connectivity index (χ0) is 10.3. The minimum absolute atomic E-state index is 0.249. The molecule has 0 aliphatic rings. The van der Waals surface area contributed by atoms with Gasteiger partial charge in [-0.25, -0.2) is 0 Å². The number of hydrogen-bond acceptors (Lipinski definition) is 2. The van der Waals surface area contributed by atoms with Gasteiger partial charge in [0.15, 0.2) is 0 Å². The summed E-state index contributed by atoms with van der Waals surface area (Å²) in [5.74, 6) is 0.642. The number of carbonyl (C=O) groups is 1. The normalized spacial score (nSPS) is 13.3. The van der Waals surface area contributed by atoms with Crippen LogP contribution in [0.1, 0.15) is 47.0 Å². The second kappa shape index (κ2) is 7.07. The van der Waals surface area contributed by atoms with Crippen LogP contribution in [-0.2, 0) is 4.79 Å². The van der Waals surface area contributed by atoms with Crippen molar-refractivity contribution >= 4 is 5.78 Å². The van der Waals surface area contributed by atoms with Gasteiger partial charge in [-0.3, -0.25) is 4.79 Å². The minimum Gasteiger partial charge on any atom is -0.315 e. The first-order valence-electron chi connectivity index (χ1n) is 5.34. The highest BCUT2D eigenvalue weighted by molar-refractivity contribution is 5.80. The molecule has 0 rings (SSSR count). The molecule has 0 saturated carbocycles. The van der Waals surface area contributed by atoms with E-state index in [4.69, 9.17) is 0 Å². The molecule has 0 aromatic rings. The summed E-state index contributed by atoms with van der Waals surface area (Å²) in [7, 11) is 0. The van der Waals surface area contributed by atoms with Gasteiger partial charge in [-0.2, -0.15) is 0 Å². The van der Waals surface area contributed by atoms with Gasteiger partial charge in [-0.15, -0.1) is 0 Å². The van der Waals surface area contributed by atoms with E-state index >= 15 is 0 Å². The summed E-state index contributed by atoms with van der Waals surface area (Å²) < 4.78 is 0. The van der Waals surface area contributed by atoms with Crippen molar-refractivity contribution in [1.82, 2.24) is 5.32 Å². The number of hydrogen-bond donors (Lipinski definition) is 1. The third-order valence-corrected chi connectivity index (χ3v) is 2.26. The topological polar surface area (TPSA) is 29.1 Å². The fourth-order valence-corrected chi connectivity index (χ4v) is 1.31. The molecule has 1 N–H and O–H groups in total. The lowest BCUT2D eigenvalue weighted by molar-refractivity contribution is -0.122. The summed E-state index contributed by atoms with van der Waals surface area (Å²) in [6.45, 7) is 9.27. The molecule has 0 heterocycles. The molecule has 0 amide bonds. The Kier molecular flexibility index (Phi) is 6.87. The average molecular weight is 185 g/mol. The first-order valence-corrected chi connectivity index (χ1v) is 5.34. The van der Waals surface area contributed by atoms with Crippen LogP contribution in [-0.4, -0.2) is 18.4 Å². The van der Waals surface area contributed by atoms with Gasteiger partial charge in [0, 0.05) is 18.4 Å². The molecule has 0 spiro atoms. The maximum Gasteiger partial charge on any atom is 0.135 e. The van der Waals surface area contributed by atoms with Crippen LogP contribution in [0.3, 0.4) is 0 Å². The van der Waals surface area contributed by atoms with Crippen molar-refractivity contribution in [3.05, 3.63) is 0 Å². The first kappa shape index (κ1) is 12.6. The summed E-state index contributed by atoms with van der Waals surface area (Å²) in [6, 6.07) is 0.553. The molecule has 78 valence electrons. The number of carbonyl (C=O) groups excluding carboxylic acids is 1. The van der Waals surface area contributed by atoms with E-state index in [0.717, 1.165) is 19.4 Å². The van der Waals surface area contributed by atoms with E-state index in [1.165, 1.54) is 0 Å². The fraction of sp³-hybridized carbons (Fsp3) is 0.909. The molecular weight excluding hydrogens is 162 g/mol. The first-order chi connectivity index (χ1) is 6.07. The molecule has 0 bridgehead atoms. The van der Waals surface area contributed by atoms with Crippen LogP contribution in [0.15, 0.2) is 0 Å². The van der Waals surface area contributed by atoms with E-state index in [-0.39, 0.29) is 5.92 Å². The van der Waals surface area contributed by atoms with Gasteiger partial charge >= 0.3 is 0 Å². The SMILES string of the molecule is CCC(=O)C(C)CCCNC(C)C. The van der Waals surface area contributed by atoms with Crippen LogP contribution in [0, 0.1) is 5.92 Å². The van der Waals surface area contributed by atoms with Crippen molar-refractivity contribution in [1.29, 1.82) is 0 Å². The maximum atomic E-state index is 11.2. The van der Waals surface area contributed by atoms with Crippen molar-refractivity contribution < 1.29 is 4.79 Å². The van der Waals surface area contributed by atoms with Gasteiger partial charge in [0.1, 0.15) is 5.78 Å². The van der Waals surface area contributed by atoms with Crippen LogP contribution in [0.2, 0.25) is 0 Å². The Hall–Kier alpha value is -0.370. The minimum atomic E-state index is 0.249. The number of ketones is 1. The Morgan fingerprint density at radius 1 is 1.31 bits per heavy atom. The quantitative estimate of drug-likeness (QED) is 0.617. The van der Waals surface area contributed by atoms with Gasteiger partial charge < -0.3 is 5.32 Å². The Morgan fingerprint density at radius 3 is 2.38 bits per heavy atom. The fourth-order valence-electron chi connectivity index (χ4n) is 1.31. The number of nitrogens with one attached hydrogen (secondary N) is 1. The van der Waals surface area contributed by atoms with Gasteiger partial charge in [-0.05, 0) is 19.4 Å². The largest absolute Gasteiger partial charge is 0.315 e. The highest BCUT2D eigenvalue weighted by Gasteiger charge is 2.09. The molecule has 1 atom stereocenters. The van der Waals surface area contributed by atoms with Crippen molar-refractivity contribution in [2.75, 3.05) is 6.54 Å². The molecule has 0 aromatic carbocycles. The highest BCUT2D eigenvalue weighted by atomic mass is 16.1. The Balaban J connectivity index is 3.37. The molecule has 2 heteroatoms. The monoisotopic (exact) mass is 185 g/mol. The lowest BCUT2D eigenvalue weighted by Crippen LogP contribution is -2.24. The van der Waals surface area contributed by atoms with Gasteiger partial charge in [0.05, 0.1) is 0 Å². The molecular formula is C11H23NO. The van der Waals surface area contributed by atoms with Gasteiger partial charge in [0.2, 0.25) is 0 Å². The van der Waals surface area contributed by atoms with Crippen LogP contribution in [0.5, 0.6) is 0 Å². The van der Waals surface area contributed by atoms with E-state index in [0.29, 0.717) is 18.2 Å². The van der Waals surface area contributed by atoms with E-state index in [1.807, 2.05) is 13.8 Å². The average Bonchev–Trinajstić information content (AvgIpc) is 2.10. The maximum absolute atomic E-state index is 11.2. The summed E-state index contributed by atoms with van der Waals surface area (Å²) in [5, 5.41) is 3.35. The zero-order valence-corrected chi connectivity index (χ0v) is 9.39. The Morgan fingerprint density at radius 2 is 1.92 bits per heavy atom. The summed E-state index contributed by atoms with van der Waals surface area (Å²) in [5.41, 5.74) is 0. The molecule has 2 nitrogen and oxygen atoms in total. The molecule has 0 aliphatic carbocycles. The smallest absolute Gasteiger partial charge is 0.135 e. The molecule has 0 radical (unpaired) electrons. The molecule has 13 heavy (non-hydrogen) atoms. The lowest BCUT2D eigenvalue weighted by atomic mass is 9.99. The van der Waals surface area contributed by atoms with Crippen molar-refractivity contribution in [2.24, 2.45) is 5.92 Å². The lowest BCUT2D eigenvalue weighted by Gasteiger charge is -2.10. The van der Waals surface area contributed by atoms with E-state index in [1.54, 1.807) is 0 Å². The van der Waals surface area contributed by atoms with E-state index in [9.17, 15) is 4.79 Å². The van der Waals surface area contributed by atoms with Gasteiger partial charge in [0.25, 0.3) is 0 Å². The van der Waals surface area contributed by atoms with E-state index < -0.39 is 0 Å². The van der Waals surface area contributed by atoms with Crippen molar-refractivity contribution in [3.63, 3.8) is 0 Å². The van der Waals surface area contributed by atoms with Crippen LogP contribution >= 0.6 is 0 Å². The number of rotatable bonds is 7.